The summed E-state index contributed by atoms with van der Waals surface area (Å²) in [5, 5.41) is 11.4. The molecule has 11 nitrogen and oxygen atoms in total. The first-order chi connectivity index (χ1) is 12.1. The summed E-state index contributed by atoms with van der Waals surface area (Å²) < 4.78 is 1.04. The van der Waals surface area contributed by atoms with Gasteiger partial charge in [0, 0.05) is 19.9 Å². The van der Waals surface area contributed by atoms with Gasteiger partial charge in [-0.05, 0) is 5.92 Å². The fourth-order valence-corrected chi connectivity index (χ4v) is 2.38. The van der Waals surface area contributed by atoms with E-state index in [1.54, 1.807) is 13.8 Å². The molecule has 0 bridgehead atoms. The molecular weight excluding hydrogens is 346 g/mol. The van der Waals surface area contributed by atoms with Crippen molar-refractivity contribution in [3.63, 3.8) is 0 Å². The molecular formula is C15H19N5O6. The lowest BCUT2D eigenvalue weighted by Crippen LogP contribution is -2.44. The van der Waals surface area contributed by atoms with Gasteiger partial charge < -0.3 is 15.4 Å². The standard InChI is InChI=1S/C15H19N5O6/c1-6(2)9(14(24)25)17-8(21)5-4-7-12(22)18-11-10(16-7)13(23)19-15(26)20(11)3/h6,9H,4-5H2,1-3H3,(H,17,21)(H,18,22)(H,24,25)(H,19,23,26)/t9-/m0/s1. The van der Waals surface area contributed by atoms with Crippen molar-refractivity contribution in [1.29, 1.82) is 0 Å². The van der Waals surface area contributed by atoms with Crippen molar-refractivity contribution in [2.75, 3.05) is 0 Å². The SMILES string of the molecule is CC(C)[C@H](NC(=O)CCc1nc2c(=O)[nH]c(=O)n(C)c2[nH]c1=O)C(=O)O. The molecule has 26 heavy (non-hydrogen) atoms. The average molecular weight is 365 g/mol. The molecule has 0 radical (unpaired) electrons. The Morgan fingerprint density at radius 1 is 1.19 bits per heavy atom. The van der Waals surface area contributed by atoms with Gasteiger partial charge in [-0.25, -0.2) is 14.6 Å². The quantitative estimate of drug-likeness (QED) is 0.481. The lowest BCUT2D eigenvalue weighted by Gasteiger charge is -2.17. The first-order valence-electron chi connectivity index (χ1n) is 7.86. The number of carboxylic acid groups (broad SMARTS) is 1. The summed E-state index contributed by atoms with van der Waals surface area (Å²) in [5.74, 6) is -2.01. The summed E-state index contributed by atoms with van der Waals surface area (Å²) in [6.07, 6.45) is -0.272. The molecule has 1 amide bonds. The monoisotopic (exact) mass is 365 g/mol. The molecule has 2 aromatic rings. The van der Waals surface area contributed by atoms with E-state index >= 15 is 0 Å². The van der Waals surface area contributed by atoms with E-state index < -0.39 is 34.7 Å². The van der Waals surface area contributed by atoms with E-state index in [4.69, 9.17) is 5.11 Å². The number of fused-ring (bicyclic) bond motifs is 1. The van der Waals surface area contributed by atoms with Crippen LogP contribution in [0.25, 0.3) is 11.2 Å². The molecule has 2 heterocycles. The second-order valence-electron chi connectivity index (χ2n) is 6.16. The Morgan fingerprint density at radius 2 is 1.85 bits per heavy atom. The van der Waals surface area contributed by atoms with E-state index in [-0.39, 0.29) is 35.6 Å². The van der Waals surface area contributed by atoms with Crippen molar-refractivity contribution in [1.82, 2.24) is 24.8 Å². The molecule has 11 heteroatoms. The van der Waals surface area contributed by atoms with Gasteiger partial charge in [-0.2, -0.15) is 0 Å². The number of hydrogen-bond acceptors (Lipinski definition) is 6. The highest BCUT2D eigenvalue weighted by Gasteiger charge is 2.23. The van der Waals surface area contributed by atoms with Gasteiger partial charge in [0.05, 0.1) is 0 Å². The van der Waals surface area contributed by atoms with Crippen LogP contribution in [0.1, 0.15) is 26.0 Å². The summed E-state index contributed by atoms with van der Waals surface area (Å²) in [5.41, 5.74) is -2.30. The van der Waals surface area contributed by atoms with Gasteiger partial charge in [0.2, 0.25) is 5.91 Å². The summed E-state index contributed by atoms with van der Waals surface area (Å²) in [6, 6.07) is -1.04. The van der Waals surface area contributed by atoms with Crippen LogP contribution in [-0.4, -0.2) is 42.5 Å². The van der Waals surface area contributed by atoms with Gasteiger partial charge >= 0.3 is 11.7 Å². The minimum absolute atomic E-state index is 0.0253. The number of aliphatic carboxylic acids is 1. The first-order valence-corrected chi connectivity index (χ1v) is 7.86. The number of aryl methyl sites for hydroxylation is 2. The number of nitrogens with zero attached hydrogens (tertiary/aromatic N) is 2. The molecule has 0 saturated carbocycles. The average Bonchev–Trinajstić information content (AvgIpc) is 2.55. The topological polar surface area (TPSA) is 167 Å². The van der Waals surface area contributed by atoms with E-state index in [2.05, 4.69) is 20.3 Å². The third-order valence-corrected chi connectivity index (χ3v) is 3.88. The summed E-state index contributed by atoms with van der Waals surface area (Å²) in [7, 11) is 1.36. The Morgan fingerprint density at radius 3 is 2.42 bits per heavy atom. The molecule has 0 aliphatic heterocycles. The van der Waals surface area contributed by atoms with E-state index in [0.29, 0.717) is 0 Å². The van der Waals surface area contributed by atoms with Gasteiger partial charge in [-0.1, -0.05) is 13.8 Å². The predicted octanol–water partition coefficient (Wildman–Crippen LogP) is -1.53. The van der Waals surface area contributed by atoms with Crippen molar-refractivity contribution in [3.8, 4) is 0 Å². The van der Waals surface area contributed by atoms with Crippen LogP contribution in [0, 0.1) is 5.92 Å². The highest BCUT2D eigenvalue weighted by Crippen LogP contribution is 2.04. The number of aromatic amines is 2. The lowest BCUT2D eigenvalue weighted by atomic mass is 10.0. The molecule has 140 valence electrons. The van der Waals surface area contributed by atoms with E-state index in [0.717, 1.165) is 4.57 Å². The highest BCUT2D eigenvalue weighted by molar-refractivity contribution is 5.83. The van der Waals surface area contributed by atoms with Gasteiger partial charge in [0.15, 0.2) is 5.52 Å². The molecule has 0 fully saturated rings. The number of amides is 1. The van der Waals surface area contributed by atoms with Crippen molar-refractivity contribution in [2.24, 2.45) is 13.0 Å². The van der Waals surface area contributed by atoms with Gasteiger partial charge in [-0.15, -0.1) is 0 Å². The fraction of sp³-hybridized carbons (Fsp3) is 0.467. The van der Waals surface area contributed by atoms with Crippen LogP contribution in [0.3, 0.4) is 0 Å². The van der Waals surface area contributed by atoms with Crippen molar-refractivity contribution < 1.29 is 14.7 Å². The van der Waals surface area contributed by atoms with Crippen LogP contribution in [0.5, 0.6) is 0 Å². The Hall–Kier alpha value is -3.24. The Bertz CT molecular complexity index is 1030. The van der Waals surface area contributed by atoms with Crippen LogP contribution in [-0.2, 0) is 23.1 Å². The predicted molar refractivity (Wildman–Crippen MR) is 91.0 cm³/mol. The van der Waals surface area contributed by atoms with Crippen molar-refractivity contribution >= 4 is 23.0 Å². The molecule has 0 spiro atoms. The minimum atomic E-state index is -1.15. The second kappa shape index (κ2) is 7.33. The fourth-order valence-electron chi connectivity index (χ4n) is 2.38. The number of carbonyl (C=O) groups is 2. The molecule has 4 N–H and O–H groups in total. The number of aromatic nitrogens is 4. The van der Waals surface area contributed by atoms with Crippen LogP contribution in [0.2, 0.25) is 0 Å². The van der Waals surface area contributed by atoms with Crippen molar-refractivity contribution in [2.45, 2.75) is 32.7 Å². The molecule has 0 aliphatic rings. The largest absolute Gasteiger partial charge is 0.480 e. The van der Waals surface area contributed by atoms with E-state index in [1.807, 2.05) is 0 Å². The number of rotatable bonds is 6. The molecule has 0 aliphatic carbocycles. The maximum Gasteiger partial charge on any atom is 0.329 e. The third-order valence-electron chi connectivity index (χ3n) is 3.88. The minimum Gasteiger partial charge on any atom is -0.480 e. The van der Waals surface area contributed by atoms with Gasteiger partial charge in [0.1, 0.15) is 17.4 Å². The third kappa shape index (κ3) is 3.87. The molecule has 2 rings (SSSR count). The van der Waals surface area contributed by atoms with Crippen LogP contribution < -0.4 is 22.1 Å². The Kier molecular flexibility index (Phi) is 5.38. The number of H-pyrrole nitrogens is 2. The lowest BCUT2D eigenvalue weighted by molar-refractivity contribution is -0.143. The molecule has 0 unspecified atom stereocenters. The van der Waals surface area contributed by atoms with Crippen molar-refractivity contribution in [3.05, 3.63) is 36.9 Å². The van der Waals surface area contributed by atoms with E-state index in [9.17, 15) is 24.0 Å². The number of carbonyl (C=O) groups excluding carboxylic acids is 1. The van der Waals surface area contributed by atoms with Crippen LogP contribution in [0.15, 0.2) is 14.4 Å². The first kappa shape index (κ1) is 19.1. The van der Waals surface area contributed by atoms with Gasteiger partial charge in [-0.3, -0.25) is 23.9 Å². The normalized spacial score (nSPS) is 12.3. The van der Waals surface area contributed by atoms with E-state index in [1.165, 1.54) is 7.05 Å². The smallest absolute Gasteiger partial charge is 0.329 e. The Balaban J connectivity index is 2.24. The summed E-state index contributed by atoms with van der Waals surface area (Å²) >= 11 is 0. The zero-order valence-corrected chi connectivity index (χ0v) is 14.5. The number of carboxylic acids is 1. The number of hydrogen-bond donors (Lipinski definition) is 4. The molecule has 2 aromatic heterocycles. The zero-order valence-electron chi connectivity index (χ0n) is 14.5. The summed E-state index contributed by atoms with van der Waals surface area (Å²) in [4.78, 5) is 67.0. The van der Waals surface area contributed by atoms with Gasteiger partial charge in [0.25, 0.3) is 11.1 Å². The number of nitrogens with one attached hydrogen (secondary N) is 3. The molecule has 0 aromatic carbocycles. The van der Waals surface area contributed by atoms with Crippen LogP contribution >= 0.6 is 0 Å². The second-order valence-corrected chi connectivity index (χ2v) is 6.16. The maximum atomic E-state index is 12.1. The zero-order chi connectivity index (χ0) is 19.6. The Labute approximate surface area is 146 Å². The highest BCUT2D eigenvalue weighted by atomic mass is 16.4. The maximum absolute atomic E-state index is 12.1. The molecule has 0 saturated heterocycles. The van der Waals surface area contributed by atoms with Crippen LogP contribution in [0.4, 0.5) is 0 Å². The molecule has 1 atom stereocenters. The summed E-state index contributed by atoms with van der Waals surface area (Å²) in [6.45, 7) is 3.32.